The summed E-state index contributed by atoms with van der Waals surface area (Å²) < 4.78 is 20.4. The van der Waals surface area contributed by atoms with Gasteiger partial charge in [-0.3, -0.25) is 39.1 Å². The number of nitrogens with zero attached hydrogens (tertiary/aromatic N) is 3. The highest BCUT2D eigenvalue weighted by atomic mass is 19.1. The van der Waals surface area contributed by atoms with Crippen LogP contribution in [-0.2, 0) is 19.1 Å². The highest BCUT2D eigenvalue weighted by molar-refractivity contribution is 6.23. The lowest BCUT2D eigenvalue weighted by Gasteiger charge is -2.36. The van der Waals surface area contributed by atoms with Crippen LogP contribution in [0.2, 0.25) is 0 Å². The Morgan fingerprint density at radius 2 is 1.69 bits per heavy atom. The second kappa shape index (κ2) is 9.96. The molecule has 36 heavy (non-hydrogen) atoms. The second-order valence-corrected chi connectivity index (χ2v) is 10.3. The molecule has 0 aliphatic carbocycles. The zero-order chi connectivity index (χ0) is 26.2. The molecule has 0 bridgehead atoms. The molecule has 1 atom stereocenters. The number of anilines is 1. The van der Waals surface area contributed by atoms with Gasteiger partial charge in [-0.05, 0) is 52.3 Å². The minimum absolute atomic E-state index is 0.0193. The Balaban J connectivity index is 1.37. The van der Waals surface area contributed by atoms with E-state index in [0.717, 1.165) is 11.0 Å². The van der Waals surface area contributed by atoms with Crippen molar-refractivity contribution in [3.63, 3.8) is 0 Å². The number of hydrogen-bond acceptors (Lipinski definition) is 8. The van der Waals surface area contributed by atoms with Gasteiger partial charge in [0.05, 0.1) is 16.8 Å². The van der Waals surface area contributed by atoms with Crippen molar-refractivity contribution >= 4 is 35.3 Å². The number of benzene rings is 1. The fourth-order valence-electron chi connectivity index (χ4n) is 4.77. The molecule has 2 saturated heterocycles. The van der Waals surface area contributed by atoms with Crippen molar-refractivity contribution in [1.82, 2.24) is 15.1 Å². The van der Waals surface area contributed by atoms with Crippen molar-refractivity contribution in [2.75, 3.05) is 37.6 Å². The molecule has 2 fully saturated rings. The van der Waals surface area contributed by atoms with E-state index in [1.807, 2.05) is 25.7 Å². The normalized spacial score (nSPS) is 21.1. The van der Waals surface area contributed by atoms with Crippen LogP contribution >= 0.6 is 0 Å². The zero-order valence-corrected chi connectivity index (χ0v) is 20.8. The third-order valence-electron chi connectivity index (χ3n) is 6.50. The number of piperazine rings is 1. The molecule has 4 amide bonds. The van der Waals surface area contributed by atoms with Crippen LogP contribution in [-0.4, -0.2) is 83.8 Å². The predicted octanol–water partition coefficient (Wildman–Crippen LogP) is 1.47. The molecular weight excluding hydrogens is 471 g/mol. The molecule has 4 rings (SSSR count). The number of carbonyl (C=O) groups excluding carboxylic acids is 5. The molecule has 0 spiro atoms. The van der Waals surface area contributed by atoms with E-state index in [9.17, 15) is 24.0 Å². The van der Waals surface area contributed by atoms with Crippen molar-refractivity contribution in [1.29, 1.82) is 0 Å². The maximum absolute atomic E-state index is 15.0. The summed E-state index contributed by atoms with van der Waals surface area (Å²) in [5.74, 6) is -3.39. The van der Waals surface area contributed by atoms with E-state index in [4.69, 9.17) is 4.74 Å². The van der Waals surface area contributed by atoms with E-state index in [2.05, 4.69) is 10.2 Å². The first-order valence-electron chi connectivity index (χ1n) is 12.2. The number of halogens is 1. The maximum Gasteiger partial charge on any atom is 0.306 e. The van der Waals surface area contributed by atoms with E-state index >= 15 is 4.39 Å². The Labute approximate surface area is 208 Å². The van der Waals surface area contributed by atoms with Crippen molar-refractivity contribution in [3.05, 3.63) is 29.1 Å². The summed E-state index contributed by atoms with van der Waals surface area (Å²) in [4.78, 5) is 66.3. The smallest absolute Gasteiger partial charge is 0.306 e. The predicted molar refractivity (Wildman–Crippen MR) is 127 cm³/mol. The summed E-state index contributed by atoms with van der Waals surface area (Å²) in [6.07, 6.45) is 1.05. The molecule has 194 valence electrons. The van der Waals surface area contributed by atoms with Gasteiger partial charge in [0.25, 0.3) is 11.8 Å². The second-order valence-electron chi connectivity index (χ2n) is 10.3. The first kappa shape index (κ1) is 25.7. The number of ether oxygens (including phenoxy) is 1. The molecule has 1 unspecified atom stereocenters. The van der Waals surface area contributed by atoms with E-state index in [-0.39, 0.29) is 35.6 Å². The number of carbonyl (C=O) groups is 5. The van der Waals surface area contributed by atoms with Gasteiger partial charge in [0.1, 0.15) is 17.5 Å². The lowest BCUT2D eigenvalue weighted by molar-refractivity contribution is -0.155. The summed E-state index contributed by atoms with van der Waals surface area (Å²) >= 11 is 0. The Bertz CT molecular complexity index is 1110. The molecule has 1 N–H and O–H groups in total. The summed E-state index contributed by atoms with van der Waals surface area (Å²) in [6, 6.07) is 1.35. The number of amides is 4. The average molecular weight is 503 g/mol. The van der Waals surface area contributed by atoms with Crippen LogP contribution in [0.4, 0.5) is 10.1 Å². The van der Waals surface area contributed by atoms with Crippen LogP contribution in [0.15, 0.2) is 12.1 Å². The number of piperidine rings is 1. The molecule has 11 heteroatoms. The molecule has 0 radical (unpaired) electrons. The minimum atomic E-state index is -1.09. The van der Waals surface area contributed by atoms with Gasteiger partial charge in [-0.2, -0.15) is 0 Å². The van der Waals surface area contributed by atoms with Gasteiger partial charge < -0.3 is 9.64 Å². The molecule has 0 saturated carbocycles. The molecule has 3 aliphatic rings. The SMILES string of the molecule is CC(C)(C)OC(=O)CCCN1CCN(c2cc3c(cc2F)C(=O)N(C2CCC(=O)NC2=O)C3=O)CC1. The molecule has 1 aromatic carbocycles. The third-order valence-corrected chi connectivity index (χ3v) is 6.50. The van der Waals surface area contributed by atoms with E-state index in [0.29, 0.717) is 45.6 Å². The lowest BCUT2D eigenvalue weighted by Crippen LogP contribution is -2.54. The Morgan fingerprint density at radius 3 is 2.31 bits per heavy atom. The standard InChI is InChI=1S/C25H31FN4O6/c1-25(2,3)36-21(32)5-4-8-28-9-11-29(12-10-28)19-14-16-15(13-17(19)26)23(34)30(24(16)35)18-6-7-20(31)27-22(18)33/h13-14,18H,4-12H2,1-3H3,(H,27,31,33). The van der Waals surface area contributed by atoms with Crippen molar-refractivity contribution in [2.45, 2.75) is 58.1 Å². The maximum atomic E-state index is 15.0. The number of fused-ring (bicyclic) bond motifs is 1. The lowest BCUT2D eigenvalue weighted by atomic mass is 10.0. The van der Waals surface area contributed by atoms with Gasteiger partial charge in [0, 0.05) is 39.0 Å². The molecular formula is C25H31FN4O6. The van der Waals surface area contributed by atoms with Crippen LogP contribution in [0, 0.1) is 5.82 Å². The average Bonchev–Trinajstić information content (AvgIpc) is 3.02. The fourth-order valence-corrected chi connectivity index (χ4v) is 4.77. The first-order chi connectivity index (χ1) is 16.9. The van der Waals surface area contributed by atoms with E-state index < -0.39 is 41.1 Å². The molecule has 1 aromatic rings. The Kier molecular flexibility index (Phi) is 7.12. The van der Waals surface area contributed by atoms with Gasteiger partial charge in [-0.1, -0.05) is 0 Å². The van der Waals surface area contributed by atoms with E-state index in [1.165, 1.54) is 6.07 Å². The number of rotatable bonds is 6. The molecule has 3 heterocycles. The van der Waals surface area contributed by atoms with Gasteiger partial charge >= 0.3 is 5.97 Å². The van der Waals surface area contributed by atoms with Crippen LogP contribution < -0.4 is 10.2 Å². The summed E-state index contributed by atoms with van der Waals surface area (Å²) in [5.41, 5.74) is -0.297. The van der Waals surface area contributed by atoms with Crippen molar-refractivity contribution < 1.29 is 33.1 Å². The quantitative estimate of drug-likeness (QED) is 0.459. The van der Waals surface area contributed by atoms with Crippen molar-refractivity contribution in [2.24, 2.45) is 0 Å². The van der Waals surface area contributed by atoms with Crippen LogP contribution in [0.3, 0.4) is 0 Å². The molecule has 3 aliphatic heterocycles. The zero-order valence-electron chi connectivity index (χ0n) is 20.8. The summed E-state index contributed by atoms with van der Waals surface area (Å²) in [6.45, 7) is 8.55. The highest BCUT2D eigenvalue weighted by Gasteiger charge is 2.45. The number of nitrogens with one attached hydrogen (secondary N) is 1. The Morgan fingerprint density at radius 1 is 1.06 bits per heavy atom. The van der Waals surface area contributed by atoms with Gasteiger partial charge in [0.2, 0.25) is 11.8 Å². The number of imide groups is 2. The minimum Gasteiger partial charge on any atom is -0.460 e. The van der Waals surface area contributed by atoms with Gasteiger partial charge in [-0.25, -0.2) is 4.39 Å². The monoisotopic (exact) mass is 502 g/mol. The van der Waals surface area contributed by atoms with E-state index in [1.54, 1.807) is 0 Å². The summed E-state index contributed by atoms with van der Waals surface area (Å²) in [5, 5.41) is 2.15. The van der Waals surface area contributed by atoms with Gasteiger partial charge in [0.15, 0.2) is 0 Å². The number of hydrogen-bond donors (Lipinski definition) is 1. The van der Waals surface area contributed by atoms with Gasteiger partial charge in [-0.15, -0.1) is 0 Å². The Hall–Kier alpha value is -3.34. The van der Waals surface area contributed by atoms with Crippen molar-refractivity contribution in [3.8, 4) is 0 Å². The highest BCUT2D eigenvalue weighted by Crippen LogP contribution is 2.33. The van der Waals surface area contributed by atoms with Crippen LogP contribution in [0.5, 0.6) is 0 Å². The first-order valence-corrected chi connectivity index (χ1v) is 12.2. The fraction of sp³-hybridized carbons (Fsp3) is 0.560. The molecule has 0 aromatic heterocycles. The largest absolute Gasteiger partial charge is 0.460 e. The number of esters is 1. The summed E-state index contributed by atoms with van der Waals surface area (Å²) in [7, 11) is 0. The molecule has 10 nitrogen and oxygen atoms in total. The topological polar surface area (TPSA) is 116 Å². The van der Waals surface area contributed by atoms with Crippen LogP contribution in [0.1, 0.15) is 67.2 Å². The third kappa shape index (κ3) is 5.40. The van der Waals surface area contributed by atoms with Crippen LogP contribution in [0.25, 0.3) is 0 Å².